The van der Waals surface area contributed by atoms with Crippen LogP contribution >= 0.6 is 11.3 Å². The van der Waals surface area contributed by atoms with Crippen molar-refractivity contribution < 1.29 is 4.79 Å². The lowest BCUT2D eigenvalue weighted by molar-refractivity contribution is 0.0946. The summed E-state index contributed by atoms with van der Waals surface area (Å²) in [4.78, 5) is 18.7. The van der Waals surface area contributed by atoms with E-state index in [9.17, 15) is 4.79 Å². The van der Waals surface area contributed by atoms with Crippen molar-refractivity contribution >= 4 is 17.2 Å². The number of aromatic nitrogens is 1. The summed E-state index contributed by atoms with van der Waals surface area (Å²) in [6.07, 6.45) is 1.59. The van der Waals surface area contributed by atoms with Crippen molar-refractivity contribution in [1.29, 1.82) is 0 Å². The van der Waals surface area contributed by atoms with Gasteiger partial charge in [-0.25, -0.2) is 4.98 Å². The molecule has 0 aliphatic carbocycles. The first-order valence-corrected chi connectivity index (χ1v) is 7.41. The van der Waals surface area contributed by atoms with Crippen LogP contribution in [0.3, 0.4) is 0 Å². The second-order valence-electron chi connectivity index (χ2n) is 4.54. The van der Waals surface area contributed by atoms with Gasteiger partial charge >= 0.3 is 0 Å². The van der Waals surface area contributed by atoms with Crippen molar-refractivity contribution in [2.75, 3.05) is 6.54 Å². The van der Waals surface area contributed by atoms with Gasteiger partial charge in [0.25, 0.3) is 5.91 Å². The van der Waals surface area contributed by atoms with Gasteiger partial charge in [-0.15, -0.1) is 11.3 Å². The number of nitrogens with two attached hydrogens (primary N) is 1. The largest absolute Gasteiger partial charge is 0.346 e. The summed E-state index contributed by atoms with van der Waals surface area (Å²) >= 11 is 1.69. The van der Waals surface area contributed by atoms with Crippen LogP contribution in [0.1, 0.15) is 31.4 Å². The van der Waals surface area contributed by atoms with Crippen LogP contribution in [0.15, 0.2) is 24.4 Å². The molecule has 0 atom stereocenters. The molecule has 0 saturated carbocycles. The number of nitrogens with one attached hydrogen (secondary N) is 1. The summed E-state index contributed by atoms with van der Waals surface area (Å²) in [7, 11) is 0. The van der Waals surface area contributed by atoms with Crippen molar-refractivity contribution in [3.63, 3.8) is 0 Å². The third-order valence-electron chi connectivity index (χ3n) is 2.99. The number of pyridine rings is 1. The Bertz CT molecular complexity index is 690. The predicted molar refractivity (Wildman–Crippen MR) is 85.1 cm³/mol. The fraction of sp³-hybridized carbons (Fsp3) is 0.250. The molecule has 2 rings (SSSR count). The first-order chi connectivity index (χ1) is 10.1. The van der Waals surface area contributed by atoms with Gasteiger partial charge in [0.1, 0.15) is 5.69 Å². The second kappa shape index (κ2) is 7.02. The summed E-state index contributed by atoms with van der Waals surface area (Å²) in [6.45, 7) is 4.89. The van der Waals surface area contributed by atoms with E-state index in [4.69, 9.17) is 5.73 Å². The SMILES string of the molecule is Cc1cc(CNC(=O)c2ncccc2C#CCN)sc1C. The van der Waals surface area contributed by atoms with Crippen LogP contribution in [0.5, 0.6) is 0 Å². The van der Waals surface area contributed by atoms with E-state index in [1.165, 1.54) is 10.4 Å². The zero-order valence-corrected chi connectivity index (χ0v) is 12.9. The number of thiophene rings is 1. The first kappa shape index (κ1) is 15.2. The van der Waals surface area contributed by atoms with Crippen molar-refractivity contribution in [1.82, 2.24) is 10.3 Å². The molecule has 0 saturated heterocycles. The van der Waals surface area contributed by atoms with Gasteiger partial charge in [-0.3, -0.25) is 4.79 Å². The summed E-state index contributed by atoms with van der Waals surface area (Å²) in [5, 5.41) is 2.88. The molecule has 0 unspecified atom stereocenters. The van der Waals surface area contributed by atoms with Crippen LogP contribution < -0.4 is 11.1 Å². The first-order valence-electron chi connectivity index (χ1n) is 6.60. The number of hydrogen-bond donors (Lipinski definition) is 2. The van der Waals surface area contributed by atoms with E-state index in [1.54, 1.807) is 29.7 Å². The number of aryl methyl sites for hydroxylation is 2. The Morgan fingerprint density at radius 2 is 2.29 bits per heavy atom. The monoisotopic (exact) mass is 299 g/mol. The summed E-state index contributed by atoms with van der Waals surface area (Å²) in [5.41, 5.74) is 7.54. The average Bonchev–Trinajstić information content (AvgIpc) is 2.81. The smallest absolute Gasteiger partial charge is 0.271 e. The Morgan fingerprint density at radius 3 is 2.95 bits per heavy atom. The highest BCUT2D eigenvalue weighted by molar-refractivity contribution is 7.12. The maximum absolute atomic E-state index is 12.2. The zero-order valence-electron chi connectivity index (χ0n) is 12.1. The van der Waals surface area contributed by atoms with Gasteiger partial charge in [-0.2, -0.15) is 0 Å². The van der Waals surface area contributed by atoms with Gasteiger partial charge in [0.15, 0.2) is 0 Å². The number of hydrogen-bond acceptors (Lipinski definition) is 4. The maximum Gasteiger partial charge on any atom is 0.271 e. The van der Waals surface area contributed by atoms with Crippen LogP contribution in [-0.4, -0.2) is 17.4 Å². The molecule has 2 aromatic heterocycles. The minimum Gasteiger partial charge on any atom is -0.346 e. The van der Waals surface area contributed by atoms with E-state index in [0.717, 1.165) is 4.88 Å². The highest BCUT2D eigenvalue weighted by Gasteiger charge is 2.11. The molecule has 0 bridgehead atoms. The lowest BCUT2D eigenvalue weighted by Crippen LogP contribution is -2.24. The van der Waals surface area contributed by atoms with Gasteiger partial charge in [-0.05, 0) is 37.6 Å². The van der Waals surface area contributed by atoms with E-state index in [0.29, 0.717) is 17.8 Å². The van der Waals surface area contributed by atoms with Crippen LogP contribution in [0, 0.1) is 25.7 Å². The highest BCUT2D eigenvalue weighted by atomic mass is 32.1. The molecule has 108 valence electrons. The molecule has 2 heterocycles. The third kappa shape index (κ3) is 3.91. The number of amides is 1. The maximum atomic E-state index is 12.2. The molecule has 0 aliphatic rings. The Labute approximate surface area is 128 Å². The van der Waals surface area contributed by atoms with Gasteiger partial charge in [0.05, 0.1) is 18.7 Å². The van der Waals surface area contributed by atoms with Crippen LogP contribution in [0.25, 0.3) is 0 Å². The minimum atomic E-state index is -0.222. The standard InChI is InChI=1S/C16H17N3OS/c1-11-9-14(21-12(11)2)10-19-16(20)15-13(5-3-7-17)6-4-8-18-15/h4,6,8-9H,7,10,17H2,1-2H3,(H,19,20). The molecule has 5 heteroatoms. The molecule has 4 nitrogen and oxygen atoms in total. The van der Waals surface area contributed by atoms with Crippen molar-refractivity contribution in [2.45, 2.75) is 20.4 Å². The average molecular weight is 299 g/mol. The van der Waals surface area contributed by atoms with Crippen LogP contribution in [0.4, 0.5) is 0 Å². The summed E-state index contributed by atoms with van der Waals surface area (Å²) in [6, 6.07) is 5.61. The fourth-order valence-electron chi connectivity index (χ4n) is 1.82. The number of nitrogens with zero attached hydrogens (tertiary/aromatic N) is 1. The quantitative estimate of drug-likeness (QED) is 0.852. The summed E-state index contributed by atoms with van der Waals surface area (Å²) in [5.74, 6) is 5.39. The third-order valence-corrected chi connectivity index (χ3v) is 4.14. The minimum absolute atomic E-state index is 0.222. The molecule has 0 aromatic carbocycles. The molecule has 21 heavy (non-hydrogen) atoms. The van der Waals surface area contributed by atoms with Crippen molar-refractivity contribution in [2.24, 2.45) is 5.73 Å². The highest BCUT2D eigenvalue weighted by Crippen LogP contribution is 2.20. The van der Waals surface area contributed by atoms with Crippen molar-refractivity contribution in [3.05, 3.63) is 51.0 Å². The fourth-order valence-corrected chi connectivity index (χ4v) is 2.81. The lowest BCUT2D eigenvalue weighted by Gasteiger charge is -2.04. The van der Waals surface area contributed by atoms with E-state index >= 15 is 0 Å². The molecule has 0 aliphatic heterocycles. The van der Waals surface area contributed by atoms with Crippen LogP contribution in [0.2, 0.25) is 0 Å². The van der Waals surface area contributed by atoms with Crippen molar-refractivity contribution in [3.8, 4) is 11.8 Å². The van der Waals surface area contributed by atoms with Gasteiger partial charge in [0, 0.05) is 16.0 Å². The van der Waals surface area contributed by atoms with E-state index in [1.807, 2.05) is 0 Å². The van der Waals surface area contributed by atoms with E-state index < -0.39 is 0 Å². The molecule has 0 spiro atoms. The number of carbonyl (C=O) groups excluding carboxylic acids is 1. The molecule has 1 amide bonds. The summed E-state index contributed by atoms with van der Waals surface area (Å²) < 4.78 is 0. The van der Waals surface area contributed by atoms with E-state index in [2.05, 4.69) is 42.1 Å². The molecule has 3 N–H and O–H groups in total. The predicted octanol–water partition coefficient (Wildman–Crippen LogP) is 2.00. The van der Waals surface area contributed by atoms with E-state index in [-0.39, 0.29) is 12.5 Å². The molecular formula is C16H17N3OS. The van der Waals surface area contributed by atoms with Crippen LogP contribution in [-0.2, 0) is 6.54 Å². The topological polar surface area (TPSA) is 68.0 Å². The van der Waals surface area contributed by atoms with Gasteiger partial charge in [-0.1, -0.05) is 11.8 Å². The Kier molecular flexibility index (Phi) is 5.09. The molecule has 2 aromatic rings. The number of rotatable bonds is 3. The molecular weight excluding hydrogens is 282 g/mol. The van der Waals surface area contributed by atoms with Gasteiger partial charge < -0.3 is 11.1 Å². The number of carbonyl (C=O) groups is 1. The Morgan fingerprint density at radius 1 is 1.48 bits per heavy atom. The Balaban J connectivity index is 2.10. The normalized spacial score (nSPS) is 9.86. The lowest BCUT2D eigenvalue weighted by atomic mass is 10.2. The zero-order chi connectivity index (χ0) is 15.2. The Hall–Kier alpha value is -2.16. The van der Waals surface area contributed by atoms with Gasteiger partial charge in [0.2, 0.25) is 0 Å². The molecule has 0 fully saturated rings. The molecule has 0 radical (unpaired) electrons. The second-order valence-corrected chi connectivity index (χ2v) is 5.88.